The highest BCUT2D eigenvalue weighted by Gasteiger charge is 2.11. The van der Waals surface area contributed by atoms with E-state index in [-0.39, 0.29) is 0 Å². The van der Waals surface area contributed by atoms with Gasteiger partial charge < -0.3 is 0 Å². The largest absolute Gasteiger partial charge is 0.126 e. The minimum Gasteiger partial charge on any atom is -0.126 e. The summed E-state index contributed by atoms with van der Waals surface area (Å²) in [6.45, 7) is 4.27. The zero-order valence-corrected chi connectivity index (χ0v) is 12.8. The summed E-state index contributed by atoms with van der Waals surface area (Å²) in [5.74, 6) is 0.953. The molecular weight excluding hydrogens is 275 g/mol. The maximum Gasteiger partial charge on any atom is 0.0406 e. The van der Waals surface area contributed by atoms with Crippen LogP contribution in [0.1, 0.15) is 28.2 Å². The smallest absolute Gasteiger partial charge is 0.0406 e. The Kier molecular flexibility index (Phi) is 4.90. The van der Waals surface area contributed by atoms with E-state index < -0.39 is 0 Å². The number of alkyl halides is 1. The average molecular weight is 293 g/mol. The number of hydrogen-bond donors (Lipinski definition) is 0. The highest BCUT2D eigenvalue weighted by molar-refractivity contribution is 6.30. The molecule has 1 unspecified atom stereocenters. The van der Waals surface area contributed by atoms with E-state index in [0.29, 0.717) is 11.8 Å². The van der Waals surface area contributed by atoms with E-state index in [4.69, 9.17) is 23.2 Å². The van der Waals surface area contributed by atoms with Crippen LogP contribution in [0.4, 0.5) is 0 Å². The van der Waals surface area contributed by atoms with Crippen LogP contribution in [0.3, 0.4) is 0 Å². The summed E-state index contributed by atoms with van der Waals surface area (Å²) in [6.07, 6.45) is 0.966. The first-order chi connectivity index (χ1) is 9.08. The zero-order valence-electron chi connectivity index (χ0n) is 11.3. The molecule has 0 aromatic heterocycles. The fraction of sp³-hybridized carbons (Fsp3) is 0.294. The lowest BCUT2D eigenvalue weighted by Crippen LogP contribution is -2.05. The highest BCUT2D eigenvalue weighted by atomic mass is 35.5. The molecule has 100 valence electrons. The normalized spacial score (nSPS) is 12.4. The lowest BCUT2D eigenvalue weighted by atomic mass is 9.92. The van der Waals surface area contributed by atoms with E-state index in [0.717, 1.165) is 11.4 Å². The van der Waals surface area contributed by atoms with Crippen molar-refractivity contribution in [1.29, 1.82) is 0 Å². The Hall–Kier alpha value is -0.980. The van der Waals surface area contributed by atoms with Gasteiger partial charge in [0.1, 0.15) is 0 Å². The van der Waals surface area contributed by atoms with Crippen molar-refractivity contribution in [3.8, 4) is 0 Å². The number of aryl methyl sites for hydroxylation is 2. The van der Waals surface area contributed by atoms with Crippen LogP contribution in [0.5, 0.6) is 0 Å². The van der Waals surface area contributed by atoms with Gasteiger partial charge >= 0.3 is 0 Å². The molecule has 0 heterocycles. The summed E-state index contributed by atoms with van der Waals surface area (Å²) in [5.41, 5.74) is 5.20. The summed E-state index contributed by atoms with van der Waals surface area (Å²) < 4.78 is 0. The van der Waals surface area contributed by atoms with E-state index in [1.807, 2.05) is 12.1 Å². The second-order valence-corrected chi connectivity index (χ2v) is 5.85. The standard InChI is InChI=1S/C17H18Cl2/c1-12-7-13(2)9-14(8-12)10-16(11-18)15-3-5-17(19)6-4-15/h3-9,16H,10-11H2,1-2H3. The van der Waals surface area contributed by atoms with Crippen molar-refractivity contribution >= 4 is 23.2 Å². The molecule has 2 aromatic rings. The minimum atomic E-state index is 0.333. The van der Waals surface area contributed by atoms with E-state index >= 15 is 0 Å². The van der Waals surface area contributed by atoms with E-state index in [2.05, 4.69) is 44.2 Å². The molecule has 0 nitrogen and oxygen atoms in total. The summed E-state index contributed by atoms with van der Waals surface area (Å²) in [5, 5.41) is 0.767. The molecule has 0 aliphatic heterocycles. The van der Waals surface area contributed by atoms with Gasteiger partial charge in [0.15, 0.2) is 0 Å². The summed E-state index contributed by atoms with van der Waals surface area (Å²) >= 11 is 12.1. The monoisotopic (exact) mass is 292 g/mol. The predicted octanol–water partition coefficient (Wildman–Crippen LogP) is 5.52. The van der Waals surface area contributed by atoms with Gasteiger partial charge in [-0.1, -0.05) is 53.1 Å². The molecule has 0 aliphatic carbocycles. The van der Waals surface area contributed by atoms with Crippen LogP contribution < -0.4 is 0 Å². The number of rotatable bonds is 4. The molecule has 0 aliphatic rings. The van der Waals surface area contributed by atoms with Crippen LogP contribution in [0.15, 0.2) is 42.5 Å². The van der Waals surface area contributed by atoms with E-state index in [1.54, 1.807) is 0 Å². The van der Waals surface area contributed by atoms with Crippen molar-refractivity contribution in [2.24, 2.45) is 0 Å². The SMILES string of the molecule is Cc1cc(C)cc(CC(CCl)c2ccc(Cl)cc2)c1. The fourth-order valence-corrected chi connectivity index (χ4v) is 2.88. The Balaban J connectivity index is 2.21. The third-order valence-electron chi connectivity index (χ3n) is 3.29. The molecule has 2 heteroatoms. The van der Waals surface area contributed by atoms with Crippen LogP contribution in [0.25, 0.3) is 0 Å². The highest BCUT2D eigenvalue weighted by Crippen LogP contribution is 2.24. The predicted molar refractivity (Wildman–Crippen MR) is 84.5 cm³/mol. The molecule has 2 rings (SSSR count). The second-order valence-electron chi connectivity index (χ2n) is 5.10. The lowest BCUT2D eigenvalue weighted by molar-refractivity contribution is 0.765. The Morgan fingerprint density at radius 3 is 2.05 bits per heavy atom. The van der Waals surface area contributed by atoms with Gasteiger partial charge in [0.2, 0.25) is 0 Å². The van der Waals surface area contributed by atoms with Crippen molar-refractivity contribution in [2.75, 3.05) is 5.88 Å². The minimum absolute atomic E-state index is 0.333. The summed E-state index contributed by atoms with van der Waals surface area (Å²) in [7, 11) is 0. The van der Waals surface area contributed by atoms with Gasteiger partial charge in [-0.3, -0.25) is 0 Å². The van der Waals surface area contributed by atoms with Crippen LogP contribution in [0, 0.1) is 13.8 Å². The van der Waals surface area contributed by atoms with Crippen molar-refractivity contribution in [1.82, 2.24) is 0 Å². The topological polar surface area (TPSA) is 0 Å². The van der Waals surface area contributed by atoms with Crippen molar-refractivity contribution < 1.29 is 0 Å². The quantitative estimate of drug-likeness (QED) is 0.651. The van der Waals surface area contributed by atoms with Gasteiger partial charge in [-0.15, -0.1) is 11.6 Å². The third kappa shape index (κ3) is 3.99. The molecule has 0 spiro atoms. The number of hydrogen-bond acceptors (Lipinski definition) is 0. The average Bonchev–Trinajstić information content (AvgIpc) is 2.36. The molecule has 0 amide bonds. The molecule has 1 atom stereocenters. The molecule has 0 saturated carbocycles. The Bertz CT molecular complexity index is 523. The molecule has 0 bridgehead atoms. The molecule has 2 aromatic carbocycles. The van der Waals surface area contributed by atoms with Crippen LogP contribution in [-0.2, 0) is 6.42 Å². The van der Waals surface area contributed by atoms with E-state index in [9.17, 15) is 0 Å². The van der Waals surface area contributed by atoms with Crippen molar-refractivity contribution in [3.05, 3.63) is 69.7 Å². The van der Waals surface area contributed by atoms with Crippen LogP contribution in [0.2, 0.25) is 5.02 Å². The number of halogens is 2. The first kappa shape index (κ1) is 14.4. The first-order valence-electron chi connectivity index (χ1n) is 6.47. The lowest BCUT2D eigenvalue weighted by Gasteiger charge is -2.15. The molecule has 0 radical (unpaired) electrons. The molecule has 0 N–H and O–H groups in total. The van der Waals surface area contributed by atoms with Crippen molar-refractivity contribution in [2.45, 2.75) is 26.2 Å². The van der Waals surface area contributed by atoms with Gasteiger partial charge in [-0.25, -0.2) is 0 Å². The molecular formula is C17H18Cl2. The summed E-state index contributed by atoms with van der Waals surface area (Å²) in [6, 6.07) is 14.7. The maximum atomic E-state index is 6.14. The van der Waals surface area contributed by atoms with Gasteiger partial charge in [-0.2, -0.15) is 0 Å². The Morgan fingerprint density at radius 2 is 1.53 bits per heavy atom. The van der Waals surface area contributed by atoms with Crippen LogP contribution in [-0.4, -0.2) is 5.88 Å². The Labute approximate surface area is 125 Å². The first-order valence-corrected chi connectivity index (χ1v) is 7.38. The van der Waals surface area contributed by atoms with Gasteiger partial charge in [0, 0.05) is 16.8 Å². The van der Waals surface area contributed by atoms with Crippen molar-refractivity contribution in [3.63, 3.8) is 0 Å². The maximum absolute atomic E-state index is 6.14. The van der Waals surface area contributed by atoms with Gasteiger partial charge in [0.25, 0.3) is 0 Å². The molecule has 0 saturated heterocycles. The molecule has 0 fully saturated rings. The molecule has 19 heavy (non-hydrogen) atoms. The summed E-state index contributed by atoms with van der Waals surface area (Å²) in [4.78, 5) is 0. The van der Waals surface area contributed by atoms with Crippen LogP contribution >= 0.6 is 23.2 Å². The van der Waals surface area contributed by atoms with E-state index in [1.165, 1.54) is 22.3 Å². The zero-order chi connectivity index (χ0) is 13.8. The second kappa shape index (κ2) is 6.45. The number of benzene rings is 2. The Morgan fingerprint density at radius 1 is 0.947 bits per heavy atom. The van der Waals surface area contributed by atoms with Gasteiger partial charge in [0.05, 0.1) is 0 Å². The fourth-order valence-electron chi connectivity index (χ4n) is 2.47. The third-order valence-corrected chi connectivity index (χ3v) is 3.92. The van der Waals surface area contributed by atoms with Gasteiger partial charge in [-0.05, 0) is 43.5 Å².